The van der Waals surface area contributed by atoms with Crippen LogP contribution in [0.15, 0.2) is 18.2 Å². The largest absolute Gasteiger partial charge is 0.428 e. The van der Waals surface area contributed by atoms with Crippen LogP contribution < -0.4 is 5.32 Å². The van der Waals surface area contributed by atoms with Crippen LogP contribution >= 0.6 is 0 Å². The summed E-state index contributed by atoms with van der Waals surface area (Å²) in [4.78, 5) is 30.3. The van der Waals surface area contributed by atoms with Crippen LogP contribution in [0.1, 0.15) is 0 Å². The molecule has 1 fully saturated rings. The highest BCUT2D eigenvalue weighted by Crippen LogP contribution is 2.64. The number of hydrogen-bond donors (Lipinski definition) is 1. The standard InChI is InChI=1S/C12H4F9N3O6/c13-8(14,11(19)9(15,16)10(17,18)12(20,21)30-11)7(25)22-5-2-1-4(23(26)27)3-6(5)24(28)29/h1-3H,(H,22,25)/t11-/m0/s1. The second-order valence-electron chi connectivity index (χ2n) is 5.61. The van der Waals surface area contributed by atoms with E-state index in [1.54, 1.807) is 0 Å². The van der Waals surface area contributed by atoms with Gasteiger partial charge in [0, 0.05) is 6.07 Å². The van der Waals surface area contributed by atoms with Gasteiger partial charge in [-0.2, -0.15) is 39.5 Å². The third-order valence-electron chi connectivity index (χ3n) is 3.76. The van der Waals surface area contributed by atoms with E-state index in [1.807, 2.05) is 0 Å². The van der Waals surface area contributed by atoms with Gasteiger partial charge in [-0.15, -0.1) is 0 Å². The Morgan fingerprint density at radius 3 is 1.90 bits per heavy atom. The summed E-state index contributed by atoms with van der Waals surface area (Å²) in [5, 5.41) is 22.2. The van der Waals surface area contributed by atoms with E-state index in [1.165, 1.54) is 0 Å². The molecule has 0 spiro atoms. The van der Waals surface area contributed by atoms with Crippen molar-refractivity contribution in [2.45, 2.75) is 29.7 Å². The quantitative estimate of drug-likeness (QED) is 0.409. The van der Waals surface area contributed by atoms with E-state index in [9.17, 15) is 64.5 Å². The number of anilines is 1. The maximum absolute atomic E-state index is 14.1. The molecule has 0 aromatic heterocycles. The Morgan fingerprint density at radius 1 is 0.967 bits per heavy atom. The predicted molar refractivity (Wildman–Crippen MR) is 73.1 cm³/mol. The summed E-state index contributed by atoms with van der Waals surface area (Å²) in [6.45, 7) is 0. The fraction of sp³-hybridized carbons (Fsp3) is 0.417. The van der Waals surface area contributed by atoms with Gasteiger partial charge in [-0.05, 0) is 6.07 Å². The number of carbonyl (C=O) groups excluding carboxylic acids is 1. The Balaban J connectivity index is 2.49. The number of benzene rings is 1. The van der Waals surface area contributed by atoms with Crippen molar-refractivity contribution >= 4 is 23.0 Å². The highest BCUT2D eigenvalue weighted by molar-refractivity contribution is 5.99. The van der Waals surface area contributed by atoms with Crippen LogP contribution in [0.4, 0.5) is 56.6 Å². The van der Waals surface area contributed by atoms with Crippen molar-refractivity contribution in [3.63, 3.8) is 0 Å². The van der Waals surface area contributed by atoms with Gasteiger partial charge in [0.05, 0.1) is 15.9 Å². The van der Waals surface area contributed by atoms with Gasteiger partial charge in [0.2, 0.25) is 0 Å². The zero-order chi connectivity index (χ0) is 23.5. The fourth-order valence-electron chi connectivity index (χ4n) is 2.19. The molecule has 1 N–H and O–H groups in total. The van der Waals surface area contributed by atoms with E-state index in [-0.39, 0.29) is 12.1 Å². The highest BCUT2D eigenvalue weighted by Gasteiger charge is 2.96. The number of nitrogens with one attached hydrogen (secondary N) is 1. The van der Waals surface area contributed by atoms with Crippen molar-refractivity contribution in [3.05, 3.63) is 38.4 Å². The molecule has 1 aromatic carbocycles. The van der Waals surface area contributed by atoms with Crippen LogP contribution in [0.25, 0.3) is 0 Å². The molecule has 2 rings (SSSR count). The van der Waals surface area contributed by atoms with Crippen LogP contribution in [0, 0.1) is 20.2 Å². The Labute approximate surface area is 156 Å². The number of carbonyl (C=O) groups is 1. The first-order chi connectivity index (χ1) is 13.3. The summed E-state index contributed by atoms with van der Waals surface area (Å²) >= 11 is 0. The van der Waals surface area contributed by atoms with E-state index >= 15 is 0 Å². The van der Waals surface area contributed by atoms with Crippen LogP contribution in [-0.2, 0) is 9.53 Å². The highest BCUT2D eigenvalue weighted by atomic mass is 19.4. The number of nitro groups is 2. The zero-order valence-electron chi connectivity index (χ0n) is 13.5. The Morgan fingerprint density at radius 2 is 1.50 bits per heavy atom. The lowest BCUT2D eigenvalue weighted by atomic mass is 9.99. The average molecular weight is 457 g/mol. The first-order valence-corrected chi connectivity index (χ1v) is 6.98. The number of non-ortho nitro benzene ring substituents is 1. The number of rotatable bonds is 5. The van der Waals surface area contributed by atoms with Gasteiger partial charge in [0.1, 0.15) is 5.69 Å². The van der Waals surface area contributed by atoms with Gasteiger partial charge in [0.25, 0.3) is 11.4 Å². The van der Waals surface area contributed by atoms with Crippen molar-refractivity contribution in [1.29, 1.82) is 0 Å². The normalized spacial score (nSPS) is 24.3. The molecule has 1 aliphatic heterocycles. The number of amides is 1. The lowest BCUT2D eigenvalue weighted by Gasteiger charge is -2.31. The predicted octanol–water partition coefficient (Wildman–Crippen LogP) is 3.64. The molecule has 0 radical (unpaired) electrons. The molecule has 9 nitrogen and oxygen atoms in total. The number of nitrogens with zero attached hydrogens (tertiary/aromatic N) is 2. The van der Waals surface area contributed by atoms with Crippen LogP contribution in [0.5, 0.6) is 0 Å². The smallest absolute Gasteiger partial charge is 0.315 e. The number of alkyl halides is 9. The Hall–Kier alpha value is -3.18. The van der Waals surface area contributed by atoms with Crippen molar-refractivity contribution < 1.29 is 58.9 Å². The van der Waals surface area contributed by atoms with Crippen LogP contribution in [0.3, 0.4) is 0 Å². The van der Waals surface area contributed by atoms with Crippen molar-refractivity contribution in [2.24, 2.45) is 0 Å². The molecule has 0 unspecified atom stereocenters. The maximum atomic E-state index is 14.1. The fourth-order valence-corrected chi connectivity index (χ4v) is 2.19. The SMILES string of the molecule is O=C(Nc1ccc([N+](=O)[O-])cc1[N+](=O)[O-])C(F)(F)[C@]1(F)OC(F)(F)C(F)(F)C1(F)F. The lowest BCUT2D eigenvalue weighted by Crippen LogP contribution is -2.63. The molecule has 166 valence electrons. The second-order valence-corrected chi connectivity index (χ2v) is 5.61. The van der Waals surface area contributed by atoms with Gasteiger partial charge < -0.3 is 5.32 Å². The Bertz CT molecular complexity index is 940. The topological polar surface area (TPSA) is 125 Å². The number of ether oxygens (including phenoxy) is 1. The monoisotopic (exact) mass is 457 g/mol. The van der Waals surface area contributed by atoms with E-state index in [0.29, 0.717) is 6.07 Å². The van der Waals surface area contributed by atoms with E-state index < -0.39 is 62.5 Å². The lowest BCUT2D eigenvalue weighted by molar-refractivity contribution is -0.393. The molecule has 18 heteroatoms. The third-order valence-corrected chi connectivity index (χ3v) is 3.76. The van der Waals surface area contributed by atoms with Crippen molar-refractivity contribution in [1.82, 2.24) is 0 Å². The molecule has 1 aromatic rings. The maximum Gasteiger partial charge on any atom is 0.428 e. The minimum absolute atomic E-state index is 0.113. The molecular formula is C12H4F9N3O6. The van der Waals surface area contributed by atoms with Gasteiger partial charge in [-0.3, -0.25) is 29.8 Å². The minimum Gasteiger partial charge on any atom is -0.315 e. The average Bonchev–Trinajstić information content (AvgIpc) is 2.69. The molecule has 1 aliphatic rings. The Kier molecular flexibility index (Phi) is 4.94. The molecule has 0 saturated carbocycles. The number of halogens is 9. The molecule has 1 atom stereocenters. The summed E-state index contributed by atoms with van der Waals surface area (Å²) in [7, 11) is 0. The first kappa shape index (κ1) is 23.1. The number of hydrogen-bond acceptors (Lipinski definition) is 6. The van der Waals surface area contributed by atoms with Crippen molar-refractivity contribution in [2.75, 3.05) is 5.32 Å². The van der Waals surface area contributed by atoms with E-state index in [0.717, 1.165) is 5.32 Å². The zero-order valence-corrected chi connectivity index (χ0v) is 13.5. The van der Waals surface area contributed by atoms with Gasteiger partial charge in [0.15, 0.2) is 0 Å². The van der Waals surface area contributed by atoms with Gasteiger partial charge >= 0.3 is 35.6 Å². The summed E-state index contributed by atoms with van der Waals surface area (Å²) < 4.78 is 123. The minimum atomic E-state index is -6.94. The first-order valence-electron chi connectivity index (χ1n) is 6.98. The summed E-state index contributed by atoms with van der Waals surface area (Å²) in [5.74, 6) is -30.1. The number of nitro benzene ring substituents is 2. The van der Waals surface area contributed by atoms with Crippen LogP contribution in [0.2, 0.25) is 0 Å². The molecule has 1 saturated heterocycles. The molecular weight excluding hydrogens is 453 g/mol. The summed E-state index contributed by atoms with van der Waals surface area (Å²) in [5.41, 5.74) is -3.84. The second kappa shape index (κ2) is 6.41. The molecule has 30 heavy (non-hydrogen) atoms. The van der Waals surface area contributed by atoms with Crippen molar-refractivity contribution in [3.8, 4) is 0 Å². The van der Waals surface area contributed by atoms with E-state index in [4.69, 9.17) is 0 Å². The summed E-state index contributed by atoms with van der Waals surface area (Å²) in [6.07, 6.45) is -6.46. The van der Waals surface area contributed by atoms with Crippen LogP contribution in [-0.4, -0.2) is 45.5 Å². The van der Waals surface area contributed by atoms with Gasteiger partial charge in [-0.25, -0.2) is 0 Å². The molecule has 1 heterocycles. The summed E-state index contributed by atoms with van der Waals surface area (Å²) in [6, 6.07) is 0.753. The van der Waals surface area contributed by atoms with E-state index in [2.05, 4.69) is 4.74 Å². The molecule has 1 amide bonds. The van der Waals surface area contributed by atoms with Gasteiger partial charge in [-0.1, -0.05) is 0 Å². The third kappa shape index (κ3) is 2.89. The molecule has 0 bridgehead atoms. The molecule has 0 aliphatic carbocycles.